The Morgan fingerprint density at radius 2 is 1.69 bits per heavy atom. The zero-order valence-corrected chi connectivity index (χ0v) is 16.8. The van der Waals surface area contributed by atoms with Gasteiger partial charge in [0.2, 0.25) is 11.8 Å². The van der Waals surface area contributed by atoms with E-state index in [4.69, 9.17) is 10.5 Å². The summed E-state index contributed by atoms with van der Waals surface area (Å²) < 4.78 is 5.33. The largest absolute Gasteiger partial charge is 0.378 e. The van der Waals surface area contributed by atoms with Gasteiger partial charge in [-0.15, -0.1) is 12.4 Å². The molecule has 2 amide bonds. The number of carbonyl (C=O) groups excluding carboxylic acids is 2. The maximum absolute atomic E-state index is 12.9. The molecule has 150 valence electrons. The van der Waals surface area contributed by atoms with Crippen LogP contribution in [-0.2, 0) is 14.3 Å². The lowest BCUT2D eigenvalue weighted by Crippen LogP contribution is -2.56. The fourth-order valence-electron chi connectivity index (χ4n) is 4.77. The standard InChI is InChI=1S/C19H33N3O3.ClH/c1-12(2)17(19(24)22-6-8-25-9-7-22)21-18(23)15-10-13-4-3-5-14(11-15)16(13)20;/h12-17H,3-11,20H2,1-2H3,(H,21,23);1H. The van der Waals surface area contributed by atoms with Gasteiger partial charge in [-0.05, 0) is 43.4 Å². The topological polar surface area (TPSA) is 84.7 Å². The highest BCUT2D eigenvalue weighted by atomic mass is 35.5. The Bertz CT molecular complexity index is 482. The molecular formula is C19H34ClN3O3. The third-order valence-electron chi connectivity index (χ3n) is 6.34. The Labute approximate surface area is 163 Å². The number of nitrogens with two attached hydrogens (primary N) is 1. The molecule has 1 saturated heterocycles. The van der Waals surface area contributed by atoms with E-state index in [0.717, 1.165) is 25.7 Å². The Morgan fingerprint density at radius 1 is 1.12 bits per heavy atom. The third-order valence-corrected chi connectivity index (χ3v) is 6.34. The molecule has 1 aliphatic heterocycles. The summed E-state index contributed by atoms with van der Waals surface area (Å²) in [7, 11) is 0. The first kappa shape index (κ1) is 21.5. The lowest BCUT2D eigenvalue weighted by Gasteiger charge is -2.44. The summed E-state index contributed by atoms with van der Waals surface area (Å²) in [5.74, 6) is 1.09. The van der Waals surface area contributed by atoms with Crippen LogP contribution < -0.4 is 11.1 Å². The summed E-state index contributed by atoms with van der Waals surface area (Å²) in [5.41, 5.74) is 6.34. The van der Waals surface area contributed by atoms with Gasteiger partial charge in [0.05, 0.1) is 13.2 Å². The summed E-state index contributed by atoms with van der Waals surface area (Å²) in [4.78, 5) is 27.6. The highest BCUT2D eigenvalue weighted by molar-refractivity contribution is 5.89. The van der Waals surface area contributed by atoms with Gasteiger partial charge in [-0.2, -0.15) is 0 Å². The third kappa shape index (κ3) is 4.70. The lowest BCUT2D eigenvalue weighted by atomic mass is 9.65. The summed E-state index contributed by atoms with van der Waals surface area (Å²) in [6.07, 6.45) is 5.27. The predicted molar refractivity (Wildman–Crippen MR) is 103 cm³/mol. The van der Waals surface area contributed by atoms with E-state index in [1.165, 1.54) is 6.42 Å². The zero-order valence-electron chi connectivity index (χ0n) is 16.0. The van der Waals surface area contributed by atoms with Crippen LogP contribution in [0.2, 0.25) is 0 Å². The van der Waals surface area contributed by atoms with E-state index < -0.39 is 6.04 Å². The van der Waals surface area contributed by atoms with Crippen LogP contribution in [0.1, 0.15) is 46.0 Å². The number of carbonyl (C=O) groups is 2. The Balaban J connectivity index is 0.00000243. The molecule has 3 rings (SSSR count). The number of ether oxygens (including phenoxy) is 1. The van der Waals surface area contributed by atoms with Crippen LogP contribution in [0.5, 0.6) is 0 Å². The minimum atomic E-state index is -0.443. The van der Waals surface area contributed by atoms with E-state index in [0.29, 0.717) is 38.1 Å². The van der Waals surface area contributed by atoms with Crippen molar-refractivity contribution in [3.05, 3.63) is 0 Å². The minimum absolute atomic E-state index is 0. The van der Waals surface area contributed by atoms with Crippen LogP contribution in [0.3, 0.4) is 0 Å². The molecule has 3 unspecified atom stereocenters. The van der Waals surface area contributed by atoms with E-state index in [2.05, 4.69) is 5.32 Å². The van der Waals surface area contributed by atoms with Crippen molar-refractivity contribution in [2.75, 3.05) is 26.3 Å². The second-order valence-electron chi connectivity index (χ2n) is 8.36. The predicted octanol–water partition coefficient (Wildman–Crippen LogP) is 1.56. The average molecular weight is 388 g/mol. The maximum Gasteiger partial charge on any atom is 0.245 e. The monoisotopic (exact) mass is 387 g/mol. The van der Waals surface area contributed by atoms with Gasteiger partial charge in [-0.1, -0.05) is 20.3 Å². The van der Waals surface area contributed by atoms with E-state index >= 15 is 0 Å². The first-order valence-electron chi connectivity index (χ1n) is 9.90. The normalized spacial score (nSPS) is 32.5. The molecule has 1 heterocycles. The van der Waals surface area contributed by atoms with Crippen molar-refractivity contribution in [3.63, 3.8) is 0 Å². The van der Waals surface area contributed by atoms with Crippen LogP contribution in [0.4, 0.5) is 0 Å². The quantitative estimate of drug-likeness (QED) is 0.766. The van der Waals surface area contributed by atoms with Gasteiger partial charge < -0.3 is 20.7 Å². The van der Waals surface area contributed by atoms with Crippen molar-refractivity contribution in [2.24, 2.45) is 29.4 Å². The number of morpholine rings is 1. The van der Waals surface area contributed by atoms with Crippen molar-refractivity contribution >= 4 is 24.2 Å². The van der Waals surface area contributed by atoms with E-state index in [-0.39, 0.29) is 42.1 Å². The van der Waals surface area contributed by atoms with Gasteiger partial charge in [-0.3, -0.25) is 9.59 Å². The summed E-state index contributed by atoms with van der Waals surface area (Å²) >= 11 is 0. The molecule has 3 atom stereocenters. The van der Waals surface area contributed by atoms with Gasteiger partial charge in [0.25, 0.3) is 0 Å². The first-order valence-corrected chi connectivity index (χ1v) is 9.90. The lowest BCUT2D eigenvalue weighted by molar-refractivity contribution is -0.142. The fraction of sp³-hybridized carbons (Fsp3) is 0.895. The van der Waals surface area contributed by atoms with Crippen LogP contribution in [0.25, 0.3) is 0 Å². The molecule has 0 spiro atoms. The van der Waals surface area contributed by atoms with Crippen LogP contribution >= 0.6 is 12.4 Å². The van der Waals surface area contributed by atoms with Crippen molar-refractivity contribution in [1.29, 1.82) is 0 Å². The number of rotatable bonds is 4. The minimum Gasteiger partial charge on any atom is -0.378 e. The summed E-state index contributed by atoms with van der Waals surface area (Å²) in [6, 6.07) is -0.185. The highest BCUT2D eigenvalue weighted by Crippen LogP contribution is 2.41. The van der Waals surface area contributed by atoms with E-state index in [1.807, 2.05) is 18.7 Å². The Hall–Kier alpha value is -0.850. The number of fused-ring (bicyclic) bond motifs is 2. The molecule has 0 aromatic carbocycles. The van der Waals surface area contributed by atoms with Crippen molar-refractivity contribution in [2.45, 2.75) is 58.0 Å². The van der Waals surface area contributed by atoms with Gasteiger partial charge >= 0.3 is 0 Å². The van der Waals surface area contributed by atoms with Gasteiger partial charge in [0.1, 0.15) is 6.04 Å². The van der Waals surface area contributed by atoms with E-state index in [9.17, 15) is 9.59 Å². The van der Waals surface area contributed by atoms with Crippen LogP contribution in [0.15, 0.2) is 0 Å². The summed E-state index contributed by atoms with van der Waals surface area (Å²) in [5, 5.41) is 3.08. The second-order valence-corrected chi connectivity index (χ2v) is 8.36. The highest BCUT2D eigenvalue weighted by Gasteiger charge is 2.41. The Morgan fingerprint density at radius 3 is 2.23 bits per heavy atom. The number of nitrogens with zero attached hydrogens (tertiary/aromatic N) is 1. The number of nitrogens with one attached hydrogen (secondary N) is 1. The van der Waals surface area contributed by atoms with Crippen molar-refractivity contribution in [1.82, 2.24) is 10.2 Å². The molecule has 0 aromatic heterocycles. The molecule has 7 heteroatoms. The molecule has 3 aliphatic rings. The van der Waals surface area contributed by atoms with Gasteiger partial charge in [0.15, 0.2) is 0 Å². The number of hydrogen-bond acceptors (Lipinski definition) is 4. The van der Waals surface area contributed by atoms with Crippen LogP contribution in [-0.4, -0.2) is 55.1 Å². The molecule has 0 radical (unpaired) electrons. The first-order chi connectivity index (χ1) is 12.0. The van der Waals surface area contributed by atoms with Crippen molar-refractivity contribution < 1.29 is 14.3 Å². The van der Waals surface area contributed by atoms with Gasteiger partial charge in [-0.25, -0.2) is 0 Å². The molecule has 2 saturated carbocycles. The molecule has 2 aliphatic carbocycles. The maximum atomic E-state index is 12.9. The number of hydrogen-bond donors (Lipinski definition) is 2. The van der Waals surface area contributed by atoms with Crippen molar-refractivity contribution in [3.8, 4) is 0 Å². The van der Waals surface area contributed by atoms with Crippen LogP contribution in [0, 0.1) is 23.7 Å². The second kappa shape index (κ2) is 9.38. The molecule has 26 heavy (non-hydrogen) atoms. The fourth-order valence-corrected chi connectivity index (χ4v) is 4.77. The smallest absolute Gasteiger partial charge is 0.245 e. The Kier molecular flexibility index (Phi) is 7.74. The molecule has 2 bridgehead atoms. The molecule has 3 fully saturated rings. The SMILES string of the molecule is CC(C)C(NC(=O)C1CC2CCCC(C1)C2N)C(=O)N1CCOCC1.Cl. The molecule has 0 aromatic rings. The molecule has 3 N–H and O–H groups in total. The molecular weight excluding hydrogens is 354 g/mol. The van der Waals surface area contributed by atoms with Gasteiger partial charge in [0, 0.05) is 25.0 Å². The zero-order chi connectivity index (χ0) is 18.0. The average Bonchev–Trinajstić information content (AvgIpc) is 2.59. The number of halogens is 1. The van der Waals surface area contributed by atoms with E-state index in [1.54, 1.807) is 0 Å². The number of amides is 2. The molecule has 6 nitrogen and oxygen atoms in total. The summed E-state index contributed by atoms with van der Waals surface area (Å²) in [6.45, 7) is 6.37.